The number of rotatable bonds is 3. The molecule has 1 atom stereocenters. The van der Waals surface area contributed by atoms with Crippen LogP contribution in [0.2, 0.25) is 0 Å². The summed E-state index contributed by atoms with van der Waals surface area (Å²) in [7, 11) is 0. The number of aromatic nitrogens is 2. The Morgan fingerprint density at radius 2 is 2.11 bits per heavy atom. The van der Waals surface area contributed by atoms with Crippen molar-refractivity contribution >= 4 is 5.82 Å². The number of nitrogens with two attached hydrogens (primary N) is 1. The van der Waals surface area contributed by atoms with Crippen LogP contribution in [0.15, 0.2) is 0 Å². The summed E-state index contributed by atoms with van der Waals surface area (Å²) in [5.74, 6) is 1.64. The molecule has 3 nitrogen and oxygen atoms in total. The molecule has 0 fully saturated rings. The van der Waals surface area contributed by atoms with E-state index in [9.17, 15) is 0 Å². The minimum Gasteiger partial charge on any atom is -0.384 e. The maximum absolute atomic E-state index is 6.27. The summed E-state index contributed by atoms with van der Waals surface area (Å²) in [6, 6.07) is 0.355. The Balaban J connectivity index is 2.29. The summed E-state index contributed by atoms with van der Waals surface area (Å²) in [6.45, 7) is 11.3. The molecule has 3 heteroatoms. The molecule has 0 saturated carbocycles. The van der Waals surface area contributed by atoms with Gasteiger partial charge < -0.3 is 5.73 Å². The molecule has 102 valence electrons. The smallest absolute Gasteiger partial charge is 0.125 e. The van der Waals surface area contributed by atoms with E-state index in [-0.39, 0.29) is 0 Å². The van der Waals surface area contributed by atoms with E-state index in [1.807, 2.05) is 4.68 Å². The monoisotopic (exact) mass is 249 g/mol. The van der Waals surface area contributed by atoms with Crippen LogP contribution in [0.3, 0.4) is 0 Å². The molecule has 0 spiro atoms. The molecule has 0 amide bonds. The molecular formula is C15H27N3. The molecule has 0 bridgehead atoms. The minimum absolute atomic E-state index is 0.355. The van der Waals surface area contributed by atoms with E-state index in [1.165, 1.54) is 24.1 Å². The molecule has 1 aliphatic carbocycles. The van der Waals surface area contributed by atoms with Gasteiger partial charge in [-0.1, -0.05) is 27.2 Å². The predicted molar refractivity (Wildman–Crippen MR) is 76.6 cm³/mol. The zero-order valence-electron chi connectivity index (χ0n) is 12.5. The number of fused-ring (bicyclic) bond motifs is 1. The Kier molecular flexibility index (Phi) is 3.43. The Hall–Kier alpha value is -0.990. The number of hydrogen-bond acceptors (Lipinski definition) is 2. The molecule has 0 radical (unpaired) electrons. The Morgan fingerprint density at radius 1 is 1.44 bits per heavy atom. The third kappa shape index (κ3) is 2.15. The standard InChI is InChI=1S/C15H27N3/c1-6-15(4,5)11-7-8-13-12(9-11)14(16)18(17-13)10(2)3/h10-11H,6-9,16H2,1-5H3. The summed E-state index contributed by atoms with van der Waals surface area (Å²) < 4.78 is 1.99. The van der Waals surface area contributed by atoms with Crippen LogP contribution in [0.4, 0.5) is 5.82 Å². The lowest BCUT2D eigenvalue weighted by atomic mass is 9.69. The van der Waals surface area contributed by atoms with E-state index in [4.69, 9.17) is 5.73 Å². The second-order valence-electron chi connectivity index (χ2n) is 6.63. The minimum atomic E-state index is 0.355. The maximum Gasteiger partial charge on any atom is 0.125 e. The van der Waals surface area contributed by atoms with E-state index in [1.54, 1.807) is 0 Å². The number of hydrogen-bond donors (Lipinski definition) is 1. The van der Waals surface area contributed by atoms with E-state index in [0.717, 1.165) is 24.6 Å². The lowest BCUT2D eigenvalue weighted by Crippen LogP contribution is -2.29. The highest BCUT2D eigenvalue weighted by Crippen LogP contribution is 2.41. The molecule has 1 aliphatic rings. The first-order valence-corrected chi connectivity index (χ1v) is 7.22. The fourth-order valence-electron chi connectivity index (χ4n) is 2.96. The predicted octanol–water partition coefficient (Wildman–Crippen LogP) is 3.59. The van der Waals surface area contributed by atoms with E-state index in [2.05, 4.69) is 39.7 Å². The highest BCUT2D eigenvalue weighted by molar-refractivity contribution is 5.45. The highest BCUT2D eigenvalue weighted by atomic mass is 15.3. The first-order valence-electron chi connectivity index (χ1n) is 7.22. The zero-order chi connectivity index (χ0) is 13.5. The molecular weight excluding hydrogens is 222 g/mol. The summed E-state index contributed by atoms with van der Waals surface area (Å²) in [5, 5.41) is 4.68. The summed E-state index contributed by atoms with van der Waals surface area (Å²) in [5.41, 5.74) is 9.24. The number of aryl methyl sites for hydroxylation is 1. The fraction of sp³-hybridized carbons (Fsp3) is 0.800. The Bertz CT molecular complexity index is 429. The van der Waals surface area contributed by atoms with Crippen LogP contribution in [0, 0.1) is 11.3 Å². The molecule has 2 rings (SSSR count). The molecule has 1 heterocycles. The topological polar surface area (TPSA) is 43.8 Å². The van der Waals surface area contributed by atoms with Crippen molar-refractivity contribution in [2.75, 3.05) is 5.73 Å². The molecule has 0 aromatic carbocycles. The van der Waals surface area contributed by atoms with Gasteiger partial charge in [0.1, 0.15) is 5.82 Å². The molecule has 0 saturated heterocycles. The van der Waals surface area contributed by atoms with Crippen LogP contribution in [-0.4, -0.2) is 9.78 Å². The van der Waals surface area contributed by atoms with Crippen molar-refractivity contribution in [1.82, 2.24) is 9.78 Å². The SMILES string of the molecule is CCC(C)(C)C1CCc2nn(C(C)C)c(N)c2C1. The third-order valence-electron chi connectivity index (χ3n) is 4.82. The summed E-state index contributed by atoms with van der Waals surface area (Å²) in [6.07, 6.45) is 4.68. The molecule has 1 unspecified atom stereocenters. The second-order valence-corrected chi connectivity index (χ2v) is 6.63. The number of nitrogens with zero attached hydrogens (tertiary/aromatic N) is 2. The first-order chi connectivity index (χ1) is 8.36. The van der Waals surface area contributed by atoms with Gasteiger partial charge in [-0.25, -0.2) is 4.68 Å². The maximum atomic E-state index is 6.27. The average Bonchev–Trinajstić information content (AvgIpc) is 2.66. The van der Waals surface area contributed by atoms with Gasteiger partial charge >= 0.3 is 0 Å². The van der Waals surface area contributed by atoms with Gasteiger partial charge in [-0.15, -0.1) is 0 Å². The van der Waals surface area contributed by atoms with Gasteiger partial charge in [0.25, 0.3) is 0 Å². The average molecular weight is 249 g/mol. The van der Waals surface area contributed by atoms with Gasteiger partial charge in [0.05, 0.1) is 5.69 Å². The van der Waals surface area contributed by atoms with Crippen LogP contribution < -0.4 is 5.73 Å². The van der Waals surface area contributed by atoms with Gasteiger partial charge in [-0.05, 0) is 44.4 Å². The van der Waals surface area contributed by atoms with E-state index >= 15 is 0 Å². The zero-order valence-corrected chi connectivity index (χ0v) is 12.5. The quantitative estimate of drug-likeness (QED) is 0.889. The van der Waals surface area contributed by atoms with Crippen molar-refractivity contribution in [3.63, 3.8) is 0 Å². The lowest BCUT2D eigenvalue weighted by molar-refractivity contribution is 0.183. The molecule has 18 heavy (non-hydrogen) atoms. The van der Waals surface area contributed by atoms with Crippen molar-refractivity contribution in [2.45, 2.75) is 66.3 Å². The third-order valence-corrected chi connectivity index (χ3v) is 4.82. The summed E-state index contributed by atoms with van der Waals surface area (Å²) in [4.78, 5) is 0. The highest BCUT2D eigenvalue weighted by Gasteiger charge is 2.33. The van der Waals surface area contributed by atoms with Crippen molar-refractivity contribution in [3.8, 4) is 0 Å². The first kappa shape index (κ1) is 13.4. The number of nitrogen functional groups attached to an aromatic ring is 1. The summed E-state index contributed by atoms with van der Waals surface area (Å²) >= 11 is 0. The van der Waals surface area contributed by atoms with Crippen molar-refractivity contribution in [3.05, 3.63) is 11.3 Å². The van der Waals surface area contributed by atoms with E-state index in [0.29, 0.717) is 11.5 Å². The second kappa shape index (κ2) is 4.60. The normalized spacial score (nSPS) is 20.2. The van der Waals surface area contributed by atoms with Gasteiger partial charge in [-0.2, -0.15) is 5.10 Å². The fourth-order valence-corrected chi connectivity index (χ4v) is 2.96. The van der Waals surface area contributed by atoms with Gasteiger partial charge in [-0.3, -0.25) is 0 Å². The van der Waals surface area contributed by atoms with Crippen molar-refractivity contribution < 1.29 is 0 Å². The van der Waals surface area contributed by atoms with Crippen molar-refractivity contribution in [2.24, 2.45) is 11.3 Å². The van der Waals surface area contributed by atoms with Crippen LogP contribution in [-0.2, 0) is 12.8 Å². The van der Waals surface area contributed by atoms with Gasteiger partial charge in [0.2, 0.25) is 0 Å². The lowest BCUT2D eigenvalue weighted by Gasteiger charge is -2.36. The van der Waals surface area contributed by atoms with Gasteiger partial charge in [0, 0.05) is 11.6 Å². The largest absolute Gasteiger partial charge is 0.384 e. The molecule has 0 aliphatic heterocycles. The molecule has 1 aromatic rings. The van der Waals surface area contributed by atoms with Crippen molar-refractivity contribution in [1.29, 1.82) is 0 Å². The Morgan fingerprint density at radius 3 is 2.67 bits per heavy atom. The number of anilines is 1. The van der Waals surface area contributed by atoms with Crippen LogP contribution in [0.25, 0.3) is 0 Å². The van der Waals surface area contributed by atoms with Gasteiger partial charge in [0.15, 0.2) is 0 Å². The van der Waals surface area contributed by atoms with E-state index < -0.39 is 0 Å². The van der Waals surface area contributed by atoms with Crippen LogP contribution in [0.5, 0.6) is 0 Å². The molecule has 1 aromatic heterocycles. The molecule has 2 N–H and O–H groups in total. The van der Waals surface area contributed by atoms with Crippen LogP contribution in [0.1, 0.15) is 64.8 Å². The Labute approximate surface area is 111 Å². The van der Waals surface area contributed by atoms with Crippen LogP contribution >= 0.6 is 0 Å².